The monoisotopic (exact) mass is 548 g/mol. The molecular formula is C19H14Br2N6O4. The third-order valence-corrected chi connectivity index (χ3v) is 5.18. The highest BCUT2D eigenvalue weighted by Gasteiger charge is 2.20. The van der Waals surface area contributed by atoms with Crippen molar-refractivity contribution in [1.82, 2.24) is 19.6 Å². The van der Waals surface area contributed by atoms with Gasteiger partial charge in [0.2, 0.25) is 0 Å². The van der Waals surface area contributed by atoms with Gasteiger partial charge in [-0.25, -0.2) is 0 Å². The fourth-order valence-corrected chi connectivity index (χ4v) is 3.68. The fraction of sp³-hybridized carbons (Fsp3) is 0.105. The molecule has 0 aliphatic rings. The lowest BCUT2D eigenvalue weighted by molar-refractivity contribution is -0.390. The Balaban J connectivity index is 1.41. The Morgan fingerprint density at radius 1 is 1.16 bits per heavy atom. The van der Waals surface area contributed by atoms with Crippen molar-refractivity contribution in [3.05, 3.63) is 91.1 Å². The molecule has 12 heteroatoms. The summed E-state index contributed by atoms with van der Waals surface area (Å²) in [5, 5.41) is 21.8. The quantitative estimate of drug-likeness (QED) is 0.268. The second-order valence-electron chi connectivity index (χ2n) is 6.53. The number of carbonyl (C=O) groups excluding carboxylic acids is 1. The van der Waals surface area contributed by atoms with Gasteiger partial charge in [0.1, 0.15) is 16.8 Å². The van der Waals surface area contributed by atoms with Gasteiger partial charge in [-0.05, 0) is 66.6 Å². The van der Waals surface area contributed by atoms with Gasteiger partial charge in [-0.1, -0.05) is 12.1 Å². The molecule has 1 aromatic carbocycles. The largest absolute Gasteiger partial charge is 0.454 e. The van der Waals surface area contributed by atoms with Gasteiger partial charge < -0.3 is 19.8 Å². The van der Waals surface area contributed by atoms with Gasteiger partial charge in [0.15, 0.2) is 5.76 Å². The summed E-state index contributed by atoms with van der Waals surface area (Å²) in [6, 6.07) is 10.6. The highest BCUT2D eigenvalue weighted by molar-refractivity contribution is 9.10. The summed E-state index contributed by atoms with van der Waals surface area (Å²) in [6.07, 6.45) is 5.05. The smallest absolute Gasteiger partial charge is 0.404 e. The van der Waals surface area contributed by atoms with Gasteiger partial charge in [-0.15, -0.1) is 0 Å². The first-order valence-corrected chi connectivity index (χ1v) is 10.5. The molecule has 0 fully saturated rings. The van der Waals surface area contributed by atoms with E-state index in [9.17, 15) is 14.9 Å². The van der Waals surface area contributed by atoms with Crippen LogP contribution < -0.4 is 5.32 Å². The van der Waals surface area contributed by atoms with Crippen molar-refractivity contribution >= 4 is 49.3 Å². The van der Waals surface area contributed by atoms with Gasteiger partial charge in [0.25, 0.3) is 5.91 Å². The van der Waals surface area contributed by atoms with Crippen molar-refractivity contribution in [3.63, 3.8) is 0 Å². The predicted molar refractivity (Wildman–Crippen MR) is 118 cm³/mol. The molecular weight excluding hydrogens is 536 g/mol. The molecule has 0 atom stereocenters. The second kappa shape index (κ2) is 8.86. The van der Waals surface area contributed by atoms with Crippen molar-refractivity contribution in [2.24, 2.45) is 0 Å². The average Bonchev–Trinajstić information content (AvgIpc) is 3.43. The Morgan fingerprint density at radius 2 is 2.00 bits per heavy atom. The van der Waals surface area contributed by atoms with Crippen LogP contribution in [0.2, 0.25) is 0 Å². The van der Waals surface area contributed by atoms with Crippen molar-refractivity contribution < 1.29 is 14.1 Å². The van der Waals surface area contributed by atoms with E-state index in [1.807, 2.05) is 24.4 Å². The average molecular weight is 550 g/mol. The minimum Gasteiger partial charge on any atom is -0.454 e. The molecule has 3 heterocycles. The van der Waals surface area contributed by atoms with Crippen LogP contribution in [0.15, 0.2) is 68.4 Å². The zero-order valence-corrected chi connectivity index (χ0v) is 18.9. The molecule has 0 aliphatic carbocycles. The van der Waals surface area contributed by atoms with E-state index in [1.165, 1.54) is 10.9 Å². The summed E-state index contributed by atoms with van der Waals surface area (Å²) >= 11 is 6.46. The number of halogens is 2. The van der Waals surface area contributed by atoms with Gasteiger partial charge >= 0.3 is 5.82 Å². The second-order valence-corrected chi connectivity index (χ2v) is 8.30. The third-order valence-electron chi connectivity index (χ3n) is 4.21. The van der Waals surface area contributed by atoms with Crippen LogP contribution in [0.25, 0.3) is 0 Å². The van der Waals surface area contributed by atoms with Crippen LogP contribution in [0, 0.1) is 10.1 Å². The number of nitrogens with one attached hydrogen (secondary N) is 1. The number of benzene rings is 1. The molecule has 0 spiro atoms. The van der Waals surface area contributed by atoms with Crippen molar-refractivity contribution in [2.75, 3.05) is 5.32 Å². The van der Waals surface area contributed by atoms with Crippen LogP contribution in [-0.4, -0.2) is 30.4 Å². The van der Waals surface area contributed by atoms with Gasteiger partial charge in [-0.3, -0.25) is 9.48 Å². The van der Waals surface area contributed by atoms with Crippen molar-refractivity contribution in [2.45, 2.75) is 13.1 Å². The van der Waals surface area contributed by atoms with Crippen LogP contribution in [0.4, 0.5) is 11.5 Å². The number of aromatic nitrogens is 4. The van der Waals surface area contributed by atoms with Crippen LogP contribution >= 0.6 is 31.9 Å². The van der Waals surface area contributed by atoms with E-state index in [-0.39, 0.29) is 22.6 Å². The van der Waals surface area contributed by atoms with Crippen LogP contribution in [0.5, 0.6) is 0 Å². The first-order valence-electron chi connectivity index (χ1n) is 8.91. The number of anilines is 1. The summed E-state index contributed by atoms with van der Waals surface area (Å²) < 4.78 is 9.88. The number of hydrogen-bond acceptors (Lipinski definition) is 6. The summed E-state index contributed by atoms with van der Waals surface area (Å²) in [7, 11) is 0. The molecule has 4 rings (SSSR count). The van der Waals surface area contributed by atoms with Gasteiger partial charge in [0, 0.05) is 11.9 Å². The third kappa shape index (κ3) is 5.09. The van der Waals surface area contributed by atoms with Crippen molar-refractivity contribution in [3.8, 4) is 0 Å². The Labute approximate surface area is 192 Å². The Kier molecular flexibility index (Phi) is 6.00. The standard InChI is InChI=1S/C19H14Br2N6O4/c20-13-7-22-25(9-13)8-12-2-1-3-14(6-12)23-19(28)17-5-4-15(31-17)10-26-11-16(21)18(24-26)27(29)30/h1-7,9,11H,8,10H2,(H,23,28). The maximum atomic E-state index is 12.6. The lowest BCUT2D eigenvalue weighted by atomic mass is 10.2. The molecule has 0 saturated carbocycles. The molecule has 1 N–H and O–H groups in total. The number of nitrogens with zero attached hydrogens (tertiary/aromatic N) is 5. The van der Waals surface area contributed by atoms with Crippen LogP contribution in [0.3, 0.4) is 0 Å². The van der Waals surface area contributed by atoms with E-state index in [0.717, 1.165) is 10.0 Å². The van der Waals surface area contributed by atoms with Gasteiger partial charge in [-0.2, -0.15) is 9.78 Å². The van der Waals surface area contributed by atoms with E-state index >= 15 is 0 Å². The molecule has 0 aliphatic heterocycles. The number of carbonyl (C=O) groups is 1. The topological polar surface area (TPSA) is 121 Å². The summed E-state index contributed by atoms with van der Waals surface area (Å²) in [5.41, 5.74) is 1.60. The minimum atomic E-state index is -0.582. The highest BCUT2D eigenvalue weighted by atomic mass is 79.9. The summed E-state index contributed by atoms with van der Waals surface area (Å²) in [4.78, 5) is 22.9. The van der Waals surface area contributed by atoms with E-state index in [2.05, 4.69) is 47.4 Å². The predicted octanol–water partition coefficient (Wildman–Crippen LogP) is 4.45. The molecule has 3 aromatic heterocycles. The van der Waals surface area contributed by atoms with Crippen LogP contribution in [0.1, 0.15) is 21.9 Å². The summed E-state index contributed by atoms with van der Waals surface area (Å²) in [5.74, 6) is -0.130. The first-order chi connectivity index (χ1) is 14.9. The molecule has 31 heavy (non-hydrogen) atoms. The fourth-order valence-electron chi connectivity index (χ4n) is 2.89. The molecule has 1 amide bonds. The maximum Gasteiger partial charge on any atom is 0.404 e. The first kappa shape index (κ1) is 21.0. The van der Waals surface area contributed by atoms with E-state index in [1.54, 1.807) is 29.1 Å². The molecule has 0 saturated heterocycles. The normalized spacial score (nSPS) is 10.9. The SMILES string of the molecule is O=C(Nc1cccc(Cn2cc(Br)cn2)c1)c1ccc(Cn2cc(Br)c([N+](=O)[O-])n2)o1. The molecule has 0 radical (unpaired) electrons. The van der Waals surface area contributed by atoms with Crippen molar-refractivity contribution in [1.29, 1.82) is 0 Å². The Hall–Kier alpha value is -3.25. The molecule has 0 unspecified atom stereocenters. The number of amides is 1. The Morgan fingerprint density at radius 3 is 2.71 bits per heavy atom. The number of nitro groups is 1. The lowest BCUT2D eigenvalue weighted by Gasteiger charge is -2.07. The van der Waals surface area contributed by atoms with E-state index in [4.69, 9.17) is 4.42 Å². The minimum absolute atomic E-state index is 0.122. The zero-order chi connectivity index (χ0) is 22.0. The summed E-state index contributed by atoms with van der Waals surface area (Å²) in [6.45, 7) is 0.709. The lowest BCUT2D eigenvalue weighted by Crippen LogP contribution is -2.11. The molecule has 158 valence electrons. The Bertz CT molecular complexity index is 1260. The van der Waals surface area contributed by atoms with Crippen LogP contribution in [-0.2, 0) is 13.1 Å². The zero-order valence-electron chi connectivity index (χ0n) is 15.7. The molecule has 4 aromatic rings. The van der Waals surface area contributed by atoms with E-state index < -0.39 is 10.8 Å². The highest BCUT2D eigenvalue weighted by Crippen LogP contribution is 2.23. The molecule has 0 bridgehead atoms. The van der Waals surface area contributed by atoms with E-state index in [0.29, 0.717) is 18.0 Å². The number of hydrogen-bond donors (Lipinski definition) is 1. The number of furan rings is 1. The molecule has 10 nitrogen and oxygen atoms in total. The van der Waals surface area contributed by atoms with Gasteiger partial charge in [0.05, 0.1) is 28.5 Å². The maximum absolute atomic E-state index is 12.6. The number of rotatable bonds is 7.